The second-order valence-corrected chi connectivity index (χ2v) is 8.95. The molecular weight excluding hydrogens is 492 g/mol. The minimum absolute atomic E-state index is 0.0850. The average Bonchev–Trinajstić information content (AvgIpc) is 3.44. The minimum atomic E-state index is -0.335. The van der Waals surface area contributed by atoms with Crippen molar-refractivity contribution in [3.8, 4) is 16.8 Å². The fourth-order valence-corrected chi connectivity index (χ4v) is 4.37. The number of nitrogens with one attached hydrogen (secondary N) is 2. The number of carbonyl (C=O) groups excluding carboxylic acids is 2. The molecule has 4 aromatic rings. The van der Waals surface area contributed by atoms with E-state index >= 15 is 0 Å². The summed E-state index contributed by atoms with van der Waals surface area (Å²) in [4.78, 5) is 34.3. The third kappa shape index (κ3) is 5.87. The van der Waals surface area contributed by atoms with Crippen LogP contribution in [0.5, 0.6) is 0 Å². The second kappa shape index (κ2) is 11.1. The Balaban J connectivity index is 1.41. The summed E-state index contributed by atoms with van der Waals surface area (Å²) in [6, 6.07) is 12.4. The molecule has 4 heterocycles. The van der Waals surface area contributed by atoms with Gasteiger partial charge in [-0.3, -0.25) is 14.6 Å². The van der Waals surface area contributed by atoms with Gasteiger partial charge in [0.15, 0.2) is 0 Å². The molecule has 11 heteroatoms. The fraction of sp³-hybridized carbons (Fsp3) is 0.192. The second-order valence-electron chi connectivity index (χ2n) is 8.51. The van der Waals surface area contributed by atoms with Gasteiger partial charge in [-0.1, -0.05) is 18.0 Å². The van der Waals surface area contributed by atoms with Gasteiger partial charge in [-0.25, -0.2) is 4.98 Å². The Morgan fingerprint density at radius 1 is 1.14 bits per heavy atom. The highest BCUT2D eigenvalue weighted by Crippen LogP contribution is 2.29. The normalized spacial score (nSPS) is 15.8. The first-order valence-corrected chi connectivity index (χ1v) is 12.2. The SMILES string of the molecule is O=C(C=Cc1cc(Cl)ccc1-n1cnnn1)N[C@H]1CCCCC(=O)Nc2ncccc2-c2ccnc1c2. The van der Waals surface area contributed by atoms with Gasteiger partial charge in [0.2, 0.25) is 11.8 Å². The van der Waals surface area contributed by atoms with Crippen LogP contribution in [0.1, 0.15) is 43.0 Å². The molecule has 2 amide bonds. The molecule has 37 heavy (non-hydrogen) atoms. The van der Waals surface area contributed by atoms with Crippen LogP contribution in [-0.4, -0.2) is 42.0 Å². The van der Waals surface area contributed by atoms with Crippen molar-refractivity contribution in [2.24, 2.45) is 0 Å². The van der Waals surface area contributed by atoms with E-state index in [4.69, 9.17) is 11.6 Å². The first-order valence-electron chi connectivity index (χ1n) is 11.8. The molecule has 186 valence electrons. The number of hydrogen-bond donors (Lipinski definition) is 2. The molecule has 0 saturated heterocycles. The van der Waals surface area contributed by atoms with Crippen LogP contribution in [0.2, 0.25) is 5.02 Å². The maximum Gasteiger partial charge on any atom is 0.244 e. The van der Waals surface area contributed by atoms with Crippen LogP contribution in [0.4, 0.5) is 5.82 Å². The Kier molecular flexibility index (Phi) is 7.27. The van der Waals surface area contributed by atoms with Gasteiger partial charge in [-0.05, 0) is 77.4 Å². The number of rotatable bonds is 4. The van der Waals surface area contributed by atoms with Gasteiger partial charge in [-0.2, -0.15) is 4.68 Å². The van der Waals surface area contributed by atoms with Crippen molar-refractivity contribution in [3.63, 3.8) is 0 Å². The number of carbonyl (C=O) groups is 2. The van der Waals surface area contributed by atoms with Crippen LogP contribution in [0.25, 0.3) is 22.9 Å². The number of pyridine rings is 2. The Labute approximate surface area is 217 Å². The molecule has 0 spiro atoms. The van der Waals surface area contributed by atoms with Crippen molar-refractivity contribution in [3.05, 3.63) is 83.5 Å². The molecule has 3 aromatic heterocycles. The Bertz CT molecular complexity index is 1450. The van der Waals surface area contributed by atoms with E-state index in [1.54, 1.807) is 36.7 Å². The highest BCUT2D eigenvalue weighted by atomic mass is 35.5. The van der Waals surface area contributed by atoms with Gasteiger partial charge in [-0.15, -0.1) is 5.10 Å². The van der Waals surface area contributed by atoms with Gasteiger partial charge < -0.3 is 10.6 Å². The summed E-state index contributed by atoms with van der Waals surface area (Å²) < 4.78 is 1.50. The van der Waals surface area contributed by atoms with Crippen molar-refractivity contribution < 1.29 is 9.59 Å². The lowest BCUT2D eigenvalue weighted by atomic mass is 9.99. The molecule has 0 aliphatic carbocycles. The smallest absolute Gasteiger partial charge is 0.244 e. The third-order valence-electron chi connectivity index (χ3n) is 5.98. The summed E-state index contributed by atoms with van der Waals surface area (Å²) >= 11 is 6.18. The highest BCUT2D eigenvalue weighted by molar-refractivity contribution is 6.30. The van der Waals surface area contributed by atoms with Gasteiger partial charge in [0.1, 0.15) is 12.1 Å². The zero-order valence-corrected chi connectivity index (χ0v) is 20.5. The van der Waals surface area contributed by atoms with Crippen molar-refractivity contribution in [1.82, 2.24) is 35.5 Å². The summed E-state index contributed by atoms with van der Waals surface area (Å²) in [5, 5.41) is 17.8. The largest absolute Gasteiger partial charge is 0.344 e. The number of tetrazole rings is 1. The zero-order chi connectivity index (χ0) is 25.6. The summed E-state index contributed by atoms with van der Waals surface area (Å²) in [5.74, 6) is 0.138. The predicted molar refractivity (Wildman–Crippen MR) is 139 cm³/mol. The fourth-order valence-electron chi connectivity index (χ4n) is 4.19. The van der Waals surface area contributed by atoms with Gasteiger partial charge in [0.25, 0.3) is 0 Å². The molecule has 10 nitrogen and oxygen atoms in total. The van der Waals surface area contributed by atoms with Crippen molar-refractivity contribution in [2.75, 3.05) is 5.32 Å². The van der Waals surface area contributed by atoms with E-state index in [1.807, 2.05) is 24.3 Å². The molecule has 1 atom stereocenters. The molecule has 2 bridgehead atoms. The highest BCUT2D eigenvalue weighted by Gasteiger charge is 2.19. The van der Waals surface area contributed by atoms with E-state index in [0.717, 1.165) is 23.2 Å². The summed E-state index contributed by atoms with van der Waals surface area (Å²) in [6.07, 6.45) is 10.4. The first-order chi connectivity index (χ1) is 18.1. The zero-order valence-electron chi connectivity index (χ0n) is 19.7. The number of aromatic nitrogens is 6. The van der Waals surface area contributed by atoms with E-state index in [9.17, 15) is 9.59 Å². The van der Waals surface area contributed by atoms with E-state index in [1.165, 1.54) is 17.1 Å². The van der Waals surface area contributed by atoms with Crippen molar-refractivity contribution in [1.29, 1.82) is 0 Å². The molecule has 0 unspecified atom stereocenters. The lowest BCUT2D eigenvalue weighted by Gasteiger charge is -2.20. The standard InChI is InChI=1S/C26H23ClN8O2/c27-19-8-9-23(35-16-30-33-34-35)18(14-19)7-10-25(37)31-21-5-1-2-6-24(36)32-26-20(4-3-12-29-26)17-11-13-28-22(21)15-17/h3-4,7-16,21H,1-2,5-6H2,(H,31,37)(H,29,32,36)/t21-/m0/s1. The van der Waals surface area contributed by atoms with Crippen LogP contribution in [0.15, 0.2) is 67.3 Å². The number of benzene rings is 1. The lowest BCUT2D eigenvalue weighted by molar-refractivity contribution is -0.118. The monoisotopic (exact) mass is 514 g/mol. The number of anilines is 1. The summed E-state index contributed by atoms with van der Waals surface area (Å²) in [7, 11) is 0. The number of fused-ring (bicyclic) bond motifs is 4. The van der Waals surface area contributed by atoms with Gasteiger partial charge >= 0.3 is 0 Å². The number of amides is 2. The Morgan fingerprint density at radius 2 is 2.05 bits per heavy atom. The molecule has 0 radical (unpaired) electrons. The molecule has 1 aliphatic rings. The molecule has 0 saturated carbocycles. The van der Waals surface area contributed by atoms with Crippen LogP contribution in [0.3, 0.4) is 0 Å². The van der Waals surface area contributed by atoms with Crippen LogP contribution in [0, 0.1) is 0 Å². The maximum absolute atomic E-state index is 13.0. The molecule has 0 fully saturated rings. The third-order valence-corrected chi connectivity index (χ3v) is 6.21. The summed E-state index contributed by atoms with van der Waals surface area (Å²) in [6.45, 7) is 0. The Hall–Kier alpha value is -4.44. The van der Waals surface area contributed by atoms with Crippen LogP contribution >= 0.6 is 11.6 Å². The minimum Gasteiger partial charge on any atom is -0.344 e. The van der Waals surface area contributed by atoms with Crippen LogP contribution in [-0.2, 0) is 9.59 Å². The number of nitrogens with zero attached hydrogens (tertiary/aromatic N) is 6. The van der Waals surface area contributed by atoms with E-state index in [2.05, 4.69) is 36.1 Å². The van der Waals surface area contributed by atoms with E-state index in [-0.39, 0.29) is 17.9 Å². The maximum atomic E-state index is 13.0. The summed E-state index contributed by atoms with van der Waals surface area (Å²) in [5.41, 5.74) is 3.75. The van der Waals surface area contributed by atoms with Gasteiger partial charge in [0.05, 0.1) is 17.4 Å². The first kappa shape index (κ1) is 24.3. The van der Waals surface area contributed by atoms with Crippen LogP contribution < -0.4 is 10.6 Å². The van der Waals surface area contributed by atoms with E-state index in [0.29, 0.717) is 41.4 Å². The number of halogens is 1. The lowest BCUT2D eigenvalue weighted by Crippen LogP contribution is -2.28. The molecule has 2 N–H and O–H groups in total. The van der Waals surface area contributed by atoms with Crippen molar-refractivity contribution >= 4 is 35.3 Å². The topological polar surface area (TPSA) is 128 Å². The molecular formula is C26H23ClN8O2. The molecule has 1 aromatic carbocycles. The molecule has 1 aliphatic heterocycles. The Morgan fingerprint density at radius 3 is 2.92 bits per heavy atom. The average molecular weight is 515 g/mol. The quantitative estimate of drug-likeness (QED) is 0.391. The van der Waals surface area contributed by atoms with Gasteiger partial charge in [0, 0.05) is 41.0 Å². The number of hydrogen-bond acceptors (Lipinski definition) is 7. The molecule has 5 rings (SSSR count). The van der Waals surface area contributed by atoms with Crippen molar-refractivity contribution in [2.45, 2.75) is 31.7 Å². The predicted octanol–water partition coefficient (Wildman–Crippen LogP) is 4.16. The van der Waals surface area contributed by atoms with E-state index < -0.39 is 0 Å².